The van der Waals surface area contributed by atoms with Crippen LogP contribution in [0.4, 0.5) is 0 Å². The monoisotopic (exact) mass is 390 g/mol. The molecule has 6 heteroatoms. The summed E-state index contributed by atoms with van der Waals surface area (Å²) in [6.07, 6.45) is 2.06. The molecule has 2 atom stereocenters. The smallest absolute Gasteiger partial charge is 0.249 e. The van der Waals surface area contributed by atoms with Crippen LogP contribution >= 0.6 is 28.3 Å². The first-order valence-electron chi connectivity index (χ1n) is 7.31. The molecule has 1 amide bonds. The highest BCUT2D eigenvalue weighted by atomic mass is 79.9. The fraction of sp³-hybridized carbons (Fsp3) is 0.562. The fourth-order valence-electron chi connectivity index (χ4n) is 2.64. The molecule has 0 radical (unpaired) electrons. The Bertz CT molecular complexity index is 493. The first kappa shape index (κ1) is 19.4. The molecule has 1 aliphatic rings. The van der Waals surface area contributed by atoms with E-state index in [4.69, 9.17) is 10.5 Å². The largest absolute Gasteiger partial charge is 0.364 e. The molecule has 0 aromatic heterocycles. The minimum atomic E-state index is -0.359. The Morgan fingerprint density at radius 2 is 2.00 bits per heavy atom. The second-order valence-electron chi connectivity index (χ2n) is 6.24. The Labute approximate surface area is 146 Å². The predicted octanol–water partition coefficient (Wildman–Crippen LogP) is 2.81. The first-order chi connectivity index (χ1) is 9.89. The average Bonchev–Trinajstić information content (AvgIpc) is 2.89. The second kappa shape index (κ2) is 8.29. The van der Waals surface area contributed by atoms with E-state index >= 15 is 0 Å². The van der Waals surface area contributed by atoms with Gasteiger partial charge in [-0.3, -0.25) is 4.79 Å². The third-order valence-electron chi connectivity index (χ3n) is 3.68. The molecule has 1 fully saturated rings. The van der Waals surface area contributed by atoms with Gasteiger partial charge in [-0.15, -0.1) is 12.4 Å². The molecule has 0 unspecified atom stereocenters. The van der Waals surface area contributed by atoms with Crippen LogP contribution < -0.4 is 11.1 Å². The Morgan fingerprint density at radius 1 is 1.36 bits per heavy atom. The molecule has 1 aliphatic heterocycles. The van der Waals surface area contributed by atoms with Crippen LogP contribution in [0, 0.1) is 0 Å². The number of carbonyl (C=O) groups excluding carboxylic acids is 1. The number of benzene rings is 1. The van der Waals surface area contributed by atoms with Crippen LogP contribution in [0.3, 0.4) is 0 Å². The molecule has 3 N–H and O–H groups in total. The van der Waals surface area contributed by atoms with E-state index in [2.05, 4.69) is 33.4 Å². The number of nitrogens with two attached hydrogens (primary N) is 1. The van der Waals surface area contributed by atoms with Crippen LogP contribution in [0.1, 0.15) is 32.3 Å². The SMILES string of the molecule is CC(C)(Cc1ccc(Br)cc1)NC(=O)[C@@H]1CC[C@H](CN)O1.Cl. The van der Waals surface area contributed by atoms with Gasteiger partial charge in [-0.05, 0) is 50.8 Å². The normalized spacial score (nSPS) is 21.3. The number of amides is 1. The summed E-state index contributed by atoms with van der Waals surface area (Å²) in [5, 5.41) is 3.09. The third-order valence-corrected chi connectivity index (χ3v) is 4.21. The zero-order chi connectivity index (χ0) is 15.5. The molecule has 4 nitrogen and oxygen atoms in total. The fourth-order valence-corrected chi connectivity index (χ4v) is 2.91. The van der Waals surface area contributed by atoms with Gasteiger partial charge in [0.15, 0.2) is 0 Å². The van der Waals surface area contributed by atoms with Gasteiger partial charge in [0.05, 0.1) is 6.10 Å². The maximum atomic E-state index is 12.3. The molecule has 1 aromatic carbocycles. The van der Waals surface area contributed by atoms with Gasteiger partial charge in [0.2, 0.25) is 5.91 Å². The van der Waals surface area contributed by atoms with Gasteiger partial charge in [-0.2, -0.15) is 0 Å². The Balaban J connectivity index is 0.00000242. The van der Waals surface area contributed by atoms with Gasteiger partial charge < -0.3 is 15.8 Å². The number of carbonyl (C=O) groups is 1. The number of nitrogens with one attached hydrogen (secondary N) is 1. The number of hydrogen-bond donors (Lipinski definition) is 2. The minimum Gasteiger partial charge on any atom is -0.364 e. The predicted molar refractivity (Wildman–Crippen MR) is 94.3 cm³/mol. The van der Waals surface area contributed by atoms with Crippen LogP contribution in [0.2, 0.25) is 0 Å². The summed E-state index contributed by atoms with van der Waals surface area (Å²) in [5.41, 5.74) is 6.46. The number of ether oxygens (including phenoxy) is 1. The molecule has 0 bridgehead atoms. The summed E-state index contributed by atoms with van der Waals surface area (Å²) in [6.45, 7) is 4.54. The van der Waals surface area contributed by atoms with Gasteiger partial charge in [-0.25, -0.2) is 0 Å². The summed E-state index contributed by atoms with van der Waals surface area (Å²) in [4.78, 5) is 12.3. The average molecular weight is 392 g/mol. The lowest BCUT2D eigenvalue weighted by Crippen LogP contribution is -2.49. The van der Waals surface area contributed by atoms with Gasteiger partial charge in [0.25, 0.3) is 0 Å². The van der Waals surface area contributed by atoms with Crippen LogP contribution in [-0.2, 0) is 16.0 Å². The zero-order valence-electron chi connectivity index (χ0n) is 13.0. The first-order valence-corrected chi connectivity index (χ1v) is 8.11. The molecular formula is C16H24BrClN2O2. The summed E-state index contributed by atoms with van der Waals surface area (Å²) in [7, 11) is 0. The van der Waals surface area contributed by atoms with Crippen LogP contribution in [0.15, 0.2) is 28.7 Å². The lowest BCUT2D eigenvalue weighted by molar-refractivity contribution is -0.133. The topological polar surface area (TPSA) is 64.4 Å². The van der Waals surface area contributed by atoms with Gasteiger partial charge in [-0.1, -0.05) is 28.1 Å². The van der Waals surface area contributed by atoms with Crippen molar-refractivity contribution in [1.29, 1.82) is 0 Å². The van der Waals surface area contributed by atoms with Crippen LogP contribution in [0.5, 0.6) is 0 Å². The lowest BCUT2D eigenvalue weighted by Gasteiger charge is -2.28. The quantitative estimate of drug-likeness (QED) is 0.811. The number of halogens is 2. The van der Waals surface area contributed by atoms with Crippen LogP contribution in [-0.4, -0.2) is 30.2 Å². The number of hydrogen-bond acceptors (Lipinski definition) is 3. The summed E-state index contributed by atoms with van der Waals surface area (Å²) < 4.78 is 6.70. The van der Waals surface area contributed by atoms with Gasteiger partial charge in [0.1, 0.15) is 6.10 Å². The van der Waals surface area contributed by atoms with Crippen molar-refractivity contribution in [2.45, 2.75) is 50.9 Å². The molecular weight excluding hydrogens is 368 g/mol. The Hall–Kier alpha value is -0.620. The van der Waals surface area contributed by atoms with Crippen molar-refractivity contribution in [1.82, 2.24) is 5.32 Å². The van der Waals surface area contributed by atoms with E-state index in [9.17, 15) is 4.79 Å². The van der Waals surface area contributed by atoms with E-state index in [1.807, 2.05) is 26.0 Å². The Morgan fingerprint density at radius 3 is 2.55 bits per heavy atom. The molecule has 0 spiro atoms. The second-order valence-corrected chi connectivity index (χ2v) is 7.15. The highest BCUT2D eigenvalue weighted by Gasteiger charge is 2.32. The van der Waals surface area contributed by atoms with Crippen molar-refractivity contribution in [3.05, 3.63) is 34.3 Å². The molecule has 2 rings (SSSR count). The van der Waals surface area contributed by atoms with E-state index in [0.29, 0.717) is 6.54 Å². The van der Waals surface area contributed by atoms with E-state index in [1.54, 1.807) is 0 Å². The number of rotatable bonds is 5. The zero-order valence-corrected chi connectivity index (χ0v) is 15.4. The Kier molecular flexibility index (Phi) is 7.32. The highest BCUT2D eigenvalue weighted by Crippen LogP contribution is 2.21. The minimum absolute atomic E-state index is 0. The van der Waals surface area contributed by atoms with Crippen molar-refractivity contribution in [2.75, 3.05) is 6.54 Å². The highest BCUT2D eigenvalue weighted by molar-refractivity contribution is 9.10. The molecule has 0 aliphatic carbocycles. The van der Waals surface area contributed by atoms with Gasteiger partial charge >= 0.3 is 0 Å². The third kappa shape index (κ3) is 5.54. The van der Waals surface area contributed by atoms with E-state index in [1.165, 1.54) is 5.56 Å². The van der Waals surface area contributed by atoms with Crippen molar-refractivity contribution in [2.24, 2.45) is 5.73 Å². The summed E-state index contributed by atoms with van der Waals surface area (Å²) in [5.74, 6) is -0.0342. The van der Waals surface area contributed by atoms with E-state index in [0.717, 1.165) is 23.7 Å². The standard InChI is InChI=1S/C16H23BrN2O2.ClH/c1-16(2,9-11-3-5-12(17)6-4-11)19-15(20)14-8-7-13(10-18)21-14;/h3-6,13-14H,7-10,18H2,1-2H3,(H,19,20);1H/t13-,14+;/m1./s1. The van der Waals surface area contributed by atoms with Crippen LogP contribution in [0.25, 0.3) is 0 Å². The van der Waals surface area contributed by atoms with Crippen molar-refractivity contribution in [3.63, 3.8) is 0 Å². The molecule has 0 saturated carbocycles. The van der Waals surface area contributed by atoms with E-state index in [-0.39, 0.29) is 36.1 Å². The van der Waals surface area contributed by atoms with Gasteiger partial charge in [0, 0.05) is 16.6 Å². The maximum absolute atomic E-state index is 12.3. The molecule has 1 aromatic rings. The summed E-state index contributed by atoms with van der Waals surface area (Å²) in [6, 6.07) is 8.15. The molecule has 22 heavy (non-hydrogen) atoms. The summed E-state index contributed by atoms with van der Waals surface area (Å²) >= 11 is 3.43. The molecule has 124 valence electrons. The maximum Gasteiger partial charge on any atom is 0.249 e. The van der Waals surface area contributed by atoms with Crippen molar-refractivity contribution >= 4 is 34.2 Å². The molecule has 1 heterocycles. The van der Waals surface area contributed by atoms with Crippen molar-refractivity contribution in [3.8, 4) is 0 Å². The molecule has 1 saturated heterocycles. The lowest BCUT2D eigenvalue weighted by atomic mass is 9.94. The van der Waals surface area contributed by atoms with Crippen molar-refractivity contribution < 1.29 is 9.53 Å². The van der Waals surface area contributed by atoms with E-state index < -0.39 is 0 Å².